The standard InChI is InChI=1S/C45H27N3OS/c1-2-9-30(10-3-1)43-46-44(48-45(47-43)34-22-23-36-35-13-4-6-15-39(35)49-40(36)26-34)33-12-8-11-31(25-33)28-17-19-29(20-18-28)32-21-24-38-37-14-5-7-16-41(37)50-42(38)27-32/h1-27H. The first-order valence-electron chi connectivity index (χ1n) is 16.6. The summed E-state index contributed by atoms with van der Waals surface area (Å²) in [5.74, 6) is 1.84. The normalized spacial score (nSPS) is 11.6. The molecule has 0 aliphatic rings. The van der Waals surface area contributed by atoms with Crippen molar-refractivity contribution >= 4 is 53.4 Å². The number of rotatable bonds is 5. The second-order valence-electron chi connectivity index (χ2n) is 12.4. The van der Waals surface area contributed by atoms with Crippen LogP contribution in [0, 0.1) is 0 Å². The molecule has 0 aliphatic heterocycles. The minimum atomic E-state index is 0.599. The van der Waals surface area contributed by atoms with Gasteiger partial charge in [-0.1, -0.05) is 127 Å². The summed E-state index contributed by atoms with van der Waals surface area (Å²) in [6.07, 6.45) is 0. The number of aromatic nitrogens is 3. The lowest BCUT2D eigenvalue weighted by atomic mass is 9.98. The second-order valence-corrected chi connectivity index (χ2v) is 13.5. The fourth-order valence-corrected chi connectivity index (χ4v) is 7.96. The Kier molecular flexibility index (Phi) is 6.64. The van der Waals surface area contributed by atoms with E-state index in [9.17, 15) is 0 Å². The van der Waals surface area contributed by atoms with Crippen LogP contribution in [0.5, 0.6) is 0 Å². The van der Waals surface area contributed by atoms with Gasteiger partial charge in [0.15, 0.2) is 17.5 Å². The van der Waals surface area contributed by atoms with E-state index in [1.807, 2.05) is 65.9 Å². The minimum absolute atomic E-state index is 0.599. The van der Waals surface area contributed by atoms with Gasteiger partial charge in [0.25, 0.3) is 0 Å². The van der Waals surface area contributed by atoms with Crippen LogP contribution in [0.15, 0.2) is 168 Å². The maximum Gasteiger partial charge on any atom is 0.164 e. The van der Waals surface area contributed by atoms with E-state index >= 15 is 0 Å². The van der Waals surface area contributed by atoms with Crippen molar-refractivity contribution in [1.82, 2.24) is 15.0 Å². The maximum absolute atomic E-state index is 6.21. The Labute approximate surface area is 292 Å². The monoisotopic (exact) mass is 657 g/mol. The molecule has 0 spiro atoms. The number of furan rings is 1. The molecule has 5 heteroatoms. The molecule has 50 heavy (non-hydrogen) atoms. The largest absolute Gasteiger partial charge is 0.456 e. The smallest absolute Gasteiger partial charge is 0.164 e. The van der Waals surface area contributed by atoms with Crippen LogP contribution < -0.4 is 0 Å². The molecule has 0 saturated heterocycles. The molecular formula is C45H27N3OS. The van der Waals surface area contributed by atoms with E-state index in [2.05, 4.69) is 109 Å². The Morgan fingerprint density at radius 1 is 0.320 bits per heavy atom. The van der Waals surface area contributed by atoms with Gasteiger partial charge >= 0.3 is 0 Å². The molecule has 0 bridgehead atoms. The van der Waals surface area contributed by atoms with Gasteiger partial charge in [-0.3, -0.25) is 0 Å². The highest BCUT2D eigenvalue weighted by molar-refractivity contribution is 7.25. The van der Waals surface area contributed by atoms with Gasteiger partial charge in [0, 0.05) is 47.6 Å². The summed E-state index contributed by atoms with van der Waals surface area (Å²) < 4.78 is 8.84. The Hall–Kier alpha value is -6.43. The first-order valence-corrected chi connectivity index (χ1v) is 17.4. The summed E-state index contributed by atoms with van der Waals surface area (Å²) in [6, 6.07) is 57.0. The first-order chi connectivity index (χ1) is 24.7. The molecule has 0 amide bonds. The Morgan fingerprint density at radius 2 is 0.840 bits per heavy atom. The van der Waals surface area contributed by atoms with Crippen molar-refractivity contribution < 1.29 is 4.42 Å². The highest BCUT2D eigenvalue weighted by Crippen LogP contribution is 2.37. The molecule has 4 nitrogen and oxygen atoms in total. The van der Waals surface area contributed by atoms with E-state index in [4.69, 9.17) is 19.4 Å². The van der Waals surface area contributed by atoms with Gasteiger partial charge in [-0.05, 0) is 58.7 Å². The highest BCUT2D eigenvalue weighted by atomic mass is 32.1. The van der Waals surface area contributed by atoms with E-state index in [1.165, 1.54) is 31.3 Å². The molecule has 0 unspecified atom stereocenters. The predicted molar refractivity (Wildman–Crippen MR) is 207 cm³/mol. The van der Waals surface area contributed by atoms with Gasteiger partial charge in [0.1, 0.15) is 11.2 Å². The third-order valence-corrected chi connectivity index (χ3v) is 10.5. The van der Waals surface area contributed by atoms with Crippen LogP contribution in [0.3, 0.4) is 0 Å². The summed E-state index contributed by atoms with van der Waals surface area (Å²) in [5.41, 5.74) is 9.04. The van der Waals surface area contributed by atoms with Crippen molar-refractivity contribution in [2.24, 2.45) is 0 Å². The van der Waals surface area contributed by atoms with Crippen LogP contribution >= 0.6 is 11.3 Å². The fourth-order valence-electron chi connectivity index (χ4n) is 6.81. The Balaban J connectivity index is 1.02. The minimum Gasteiger partial charge on any atom is -0.456 e. The molecule has 10 aromatic rings. The number of hydrogen-bond acceptors (Lipinski definition) is 5. The predicted octanol–water partition coefficient (Wildman–Crippen LogP) is 12.5. The van der Waals surface area contributed by atoms with Gasteiger partial charge in [-0.15, -0.1) is 11.3 Å². The second kappa shape index (κ2) is 11.6. The highest BCUT2D eigenvalue weighted by Gasteiger charge is 2.15. The summed E-state index contributed by atoms with van der Waals surface area (Å²) in [5, 5.41) is 4.80. The van der Waals surface area contributed by atoms with E-state index in [0.29, 0.717) is 17.5 Å². The first kappa shape index (κ1) is 28.6. The van der Waals surface area contributed by atoms with Crippen LogP contribution in [0.4, 0.5) is 0 Å². The average molecular weight is 658 g/mol. The van der Waals surface area contributed by atoms with E-state index in [-0.39, 0.29) is 0 Å². The number of hydrogen-bond donors (Lipinski definition) is 0. The zero-order valence-electron chi connectivity index (χ0n) is 26.7. The maximum atomic E-state index is 6.21. The number of para-hydroxylation sites is 1. The summed E-state index contributed by atoms with van der Waals surface area (Å²) in [4.78, 5) is 15.0. The van der Waals surface area contributed by atoms with Crippen LogP contribution in [0.25, 0.3) is 98.5 Å². The SMILES string of the molecule is c1ccc(-c2nc(-c3cccc(-c4ccc(-c5ccc6c(c5)sc5ccccc56)cc4)c3)nc(-c3ccc4c(c3)oc3ccccc34)n2)cc1. The molecule has 0 atom stereocenters. The van der Waals surface area contributed by atoms with Crippen LogP contribution in [0.1, 0.15) is 0 Å². The van der Waals surface area contributed by atoms with Crippen molar-refractivity contribution in [2.75, 3.05) is 0 Å². The lowest BCUT2D eigenvalue weighted by molar-refractivity contribution is 0.669. The molecular weight excluding hydrogens is 631 g/mol. The average Bonchev–Trinajstić information content (AvgIpc) is 3.76. The molecule has 0 aliphatic carbocycles. The van der Waals surface area contributed by atoms with Crippen molar-refractivity contribution in [3.05, 3.63) is 164 Å². The third kappa shape index (κ3) is 4.95. The molecule has 10 rings (SSSR count). The van der Waals surface area contributed by atoms with Crippen molar-refractivity contribution in [2.45, 2.75) is 0 Å². The summed E-state index contributed by atoms with van der Waals surface area (Å²) in [6.45, 7) is 0. The zero-order valence-corrected chi connectivity index (χ0v) is 27.6. The van der Waals surface area contributed by atoms with E-state index in [0.717, 1.165) is 49.8 Å². The van der Waals surface area contributed by atoms with Crippen LogP contribution in [-0.2, 0) is 0 Å². The van der Waals surface area contributed by atoms with Gasteiger partial charge < -0.3 is 4.42 Å². The number of benzene rings is 7. The molecule has 0 saturated carbocycles. The molecule has 0 radical (unpaired) electrons. The molecule has 7 aromatic carbocycles. The molecule has 3 aromatic heterocycles. The van der Waals surface area contributed by atoms with Gasteiger partial charge in [0.05, 0.1) is 0 Å². The van der Waals surface area contributed by atoms with E-state index in [1.54, 1.807) is 0 Å². The lowest BCUT2D eigenvalue weighted by Gasteiger charge is -2.10. The van der Waals surface area contributed by atoms with Gasteiger partial charge in [-0.25, -0.2) is 15.0 Å². The molecule has 0 N–H and O–H groups in total. The third-order valence-electron chi connectivity index (χ3n) is 9.36. The number of thiophene rings is 1. The molecule has 3 heterocycles. The quantitative estimate of drug-likeness (QED) is 0.185. The molecule has 234 valence electrons. The van der Waals surface area contributed by atoms with E-state index < -0.39 is 0 Å². The van der Waals surface area contributed by atoms with Gasteiger partial charge in [-0.2, -0.15) is 0 Å². The Morgan fingerprint density at radius 3 is 1.64 bits per heavy atom. The summed E-state index contributed by atoms with van der Waals surface area (Å²) >= 11 is 1.85. The van der Waals surface area contributed by atoms with Crippen LogP contribution in [-0.4, -0.2) is 15.0 Å². The van der Waals surface area contributed by atoms with Crippen molar-refractivity contribution in [3.8, 4) is 56.4 Å². The Bertz CT molecular complexity index is 2870. The van der Waals surface area contributed by atoms with Crippen molar-refractivity contribution in [3.63, 3.8) is 0 Å². The van der Waals surface area contributed by atoms with Crippen LogP contribution in [0.2, 0.25) is 0 Å². The fraction of sp³-hybridized carbons (Fsp3) is 0. The number of fused-ring (bicyclic) bond motifs is 6. The lowest BCUT2D eigenvalue weighted by Crippen LogP contribution is -2.00. The summed E-state index contributed by atoms with van der Waals surface area (Å²) in [7, 11) is 0. The topological polar surface area (TPSA) is 51.8 Å². The molecule has 0 fully saturated rings. The zero-order chi connectivity index (χ0) is 33.0. The number of nitrogens with zero attached hydrogens (tertiary/aromatic N) is 3. The van der Waals surface area contributed by atoms with Gasteiger partial charge in [0.2, 0.25) is 0 Å². The van der Waals surface area contributed by atoms with Crippen molar-refractivity contribution in [1.29, 1.82) is 0 Å².